The molecular formula is C26H23N3O2. The van der Waals surface area contributed by atoms with E-state index in [9.17, 15) is 4.79 Å². The highest BCUT2D eigenvalue weighted by atomic mass is 16.5. The van der Waals surface area contributed by atoms with Crippen LogP contribution in [-0.2, 0) is 13.0 Å². The standard InChI is InChI=1S/C26H23N3O2/c1-2-31-21-13-12-16-7-3-4-10-18(16)22(21)24-23(26(30)28-27-24)20-15-29-14-6-9-17-8-5-11-19(20)25(17)29/h3-5,7-8,10-13,15H,2,6,9,14H2,1H3,(H2,27,28,30). The minimum atomic E-state index is -0.117. The van der Waals surface area contributed by atoms with E-state index in [1.54, 1.807) is 0 Å². The topological polar surface area (TPSA) is 62.8 Å². The molecule has 154 valence electrons. The number of hydrogen-bond acceptors (Lipinski definition) is 2. The lowest BCUT2D eigenvalue weighted by Crippen LogP contribution is -2.05. The molecular weight excluding hydrogens is 386 g/mol. The molecule has 5 nitrogen and oxygen atoms in total. The van der Waals surface area contributed by atoms with E-state index in [1.807, 2.05) is 25.1 Å². The predicted molar refractivity (Wildman–Crippen MR) is 125 cm³/mol. The molecule has 3 aromatic carbocycles. The number of fused-ring (bicyclic) bond motifs is 1. The molecule has 2 N–H and O–H groups in total. The summed E-state index contributed by atoms with van der Waals surface area (Å²) in [6.07, 6.45) is 4.34. The molecule has 5 heteroatoms. The van der Waals surface area contributed by atoms with Crippen LogP contribution in [0, 0.1) is 0 Å². The summed E-state index contributed by atoms with van der Waals surface area (Å²) >= 11 is 0. The van der Waals surface area contributed by atoms with Crippen molar-refractivity contribution in [2.24, 2.45) is 0 Å². The quantitative estimate of drug-likeness (QED) is 0.412. The lowest BCUT2D eigenvalue weighted by Gasteiger charge is -2.14. The molecule has 0 fully saturated rings. The maximum atomic E-state index is 13.1. The Morgan fingerprint density at radius 2 is 1.84 bits per heavy atom. The van der Waals surface area contributed by atoms with Crippen LogP contribution >= 0.6 is 0 Å². The van der Waals surface area contributed by atoms with Gasteiger partial charge in [0.1, 0.15) is 5.75 Å². The van der Waals surface area contributed by atoms with Crippen molar-refractivity contribution in [3.05, 3.63) is 76.7 Å². The number of aromatic nitrogens is 3. The second kappa shape index (κ2) is 6.91. The van der Waals surface area contributed by atoms with Crippen LogP contribution < -0.4 is 10.3 Å². The molecule has 0 unspecified atom stereocenters. The van der Waals surface area contributed by atoms with E-state index < -0.39 is 0 Å². The van der Waals surface area contributed by atoms with Crippen LogP contribution in [0.5, 0.6) is 5.75 Å². The number of benzene rings is 3. The molecule has 0 radical (unpaired) electrons. The van der Waals surface area contributed by atoms with E-state index in [0.717, 1.165) is 58.1 Å². The number of nitrogens with one attached hydrogen (secondary N) is 2. The van der Waals surface area contributed by atoms with Crippen molar-refractivity contribution in [1.29, 1.82) is 0 Å². The number of ether oxygens (including phenoxy) is 1. The average Bonchev–Trinajstić information content (AvgIpc) is 3.35. The van der Waals surface area contributed by atoms with Gasteiger partial charge in [-0.15, -0.1) is 0 Å². The molecule has 0 aliphatic carbocycles. The molecule has 0 spiro atoms. The molecule has 0 bridgehead atoms. The summed E-state index contributed by atoms with van der Waals surface area (Å²) in [5.74, 6) is 0.770. The molecule has 0 atom stereocenters. The van der Waals surface area contributed by atoms with Crippen molar-refractivity contribution in [3.63, 3.8) is 0 Å². The molecule has 0 saturated carbocycles. The monoisotopic (exact) mass is 409 g/mol. The zero-order valence-corrected chi connectivity index (χ0v) is 17.4. The summed E-state index contributed by atoms with van der Waals surface area (Å²) in [6, 6.07) is 18.7. The molecule has 6 rings (SSSR count). The van der Waals surface area contributed by atoms with Gasteiger partial charge in [-0.1, -0.05) is 48.5 Å². The van der Waals surface area contributed by atoms with Gasteiger partial charge in [0, 0.05) is 23.7 Å². The number of H-pyrrole nitrogens is 2. The smallest absolute Gasteiger partial charge is 0.272 e. The van der Waals surface area contributed by atoms with Gasteiger partial charge in [-0.3, -0.25) is 15.0 Å². The largest absolute Gasteiger partial charge is 0.493 e. The van der Waals surface area contributed by atoms with E-state index >= 15 is 0 Å². The highest BCUT2D eigenvalue weighted by Crippen LogP contribution is 2.42. The minimum Gasteiger partial charge on any atom is -0.493 e. The first-order valence-corrected chi connectivity index (χ1v) is 10.8. The summed E-state index contributed by atoms with van der Waals surface area (Å²) in [7, 11) is 0. The molecule has 0 amide bonds. The maximum absolute atomic E-state index is 13.1. The van der Waals surface area contributed by atoms with Gasteiger partial charge in [0.25, 0.3) is 5.56 Å². The number of aryl methyl sites for hydroxylation is 2. The Hall–Kier alpha value is -3.73. The number of rotatable bonds is 4. The third-order valence-electron chi connectivity index (χ3n) is 6.32. The Bertz CT molecular complexity index is 1500. The number of para-hydroxylation sites is 1. The summed E-state index contributed by atoms with van der Waals surface area (Å²) in [4.78, 5) is 13.1. The molecule has 2 aromatic heterocycles. The lowest BCUT2D eigenvalue weighted by molar-refractivity contribution is 0.342. The Kier molecular flexibility index (Phi) is 4.03. The fourth-order valence-electron chi connectivity index (χ4n) is 5.04. The highest BCUT2D eigenvalue weighted by Gasteiger charge is 2.24. The molecule has 0 saturated heterocycles. The van der Waals surface area contributed by atoms with Crippen LogP contribution in [0.25, 0.3) is 44.1 Å². The van der Waals surface area contributed by atoms with E-state index in [0.29, 0.717) is 12.2 Å². The van der Waals surface area contributed by atoms with Crippen molar-refractivity contribution < 1.29 is 4.74 Å². The maximum Gasteiger partial charge on any atom is 0.272 e. The Morgan fingerprint density at radius 1 is 0.968 bits per heavy atom. The van der Waals surface area contributed by atoms with Gasteiger partial charge in [0.2, 0.25) is 0 Å². The van der Waals surface area contributed by atoms with Gasteiger partial charge in [0.05, 0.1) is 28.9 Å². The third-order valence-corrected chi connectivity index (χ3v) is 6.32. The second-order valence-corrected chi connectivity index (χ2v) is 8.07. The van der Waals surface area contributed by atoms with Crippen molar-refractivity contribution >= 4 is 21.7 Å². The van der Waals surface area contributed by atoms with Gasteiger partial charge in [0.15, 0.2) is 0 Å². The van der Waals surface area contributed by atoms with Crippen molar-refractivity contribution in [2.75, 3.05) is 6.61 Å². The van der Waals surface area contributed by atoms with Gasteiger partial charge in [-0.2, -0.15) is 0 Å². The van der Waals surface area contributed by atoms with Crippen LogP contribution in [0.2, 0.25) is 0 Å². The zero-order chi connectivity index (χ0) is 20.9. The highest BCUT2D eigenvalue weighted by molar-refractivity contribution is 6.06. The number of nitrogens with zero attached hydrogens (tertiary/aromatic N) is 1. The summed E-state index contributed by atoms with van der Waals surface area (Å²) in [6.45, 7) is 3.51. The van der Waals surface area contributed by atoms with Crippen molar-refractivity contribution in [2.45, 2.75) is 26.3 Å². The van der Waals surface area contributed by atoms with Crippen LogP contribution in [-0.4, -0.2) is 21.4 Å². The normalized spacial score (nSPS) is 13.2. The van der Waals surface area contributed by atoms with Gasteiger partial charge in [-0.05, 0) is 42.2 Å². The van der Waals surface area contributed by atoms with Gasteiger partial charge < -0.3 is 9.30 Å². The average molecular weight is 409 g/mol. The minimum absolute atomic E-state index is 0.117. The van der Waals surface area contributed by atoms with E-state index in [1.165, 1.54) is 11.1 Å². The fraction of sp³-hybridized carbons (Fsp3) is 0.192. The molecule has 1 aliphatic heterocycles. The van der Waals surface area contributed by atoms with Crippen LogP contribution in [0.1, 0.15) is 18.9 Å². The van der Waals surface area contributed by atoms with E-state index in [2.05, 4.69) is 57.4 Å². The van der Waals surface area contributed by atoms with Crippen LogP contribution in [0.4, 0.5) is 0 Å². The van der Waals surface area contributed by atoms with E-state index in [4.69, 9.17) is 4.74 Å². The van der Waals surface area contributed by atoms with Crippen molar-refractivity contribution in [3.8, 4) is 28.1 Å². The van der Waals surface area contributed by atoms with Crippen molar-refractivity contribution in [1.82, 2.24) is 14.8 Å². The van der Waals surface area contributed by atoms with Gasteiger partial charge >= 0.3 is 0 Å². The Morgan fingerprint density at radius 3 is 2.74 bits per heavy atom. The molecule has 3 heterocycles. The van der Waals surface area contributed by atoms with Gasteiger partial charge in [-0.25, -0.2) is 0 Å². The Labute approximate surface area is 179 Å². The molecule has 31 heavy (non-hydrogen) atoms. The first-order chi connectivity index (χ1) is 15.3. The molecule has 5 aromatic rings. The van der Waals surface area contributed by atoms with E-state index in [-0.39, 0.29) is 5.56 Å². The first kappa shape index (κ1) is 18.1. The number of aromatic amines is 2. The number of hydrogen-bond donors (Lipinski definition) is 2. The summed E-state index contributed by atoms with van der Waals surface area (Å²) in [5, 5.41) is 9.31. The summed E-state index contributed by atoms with van der Waals surface area (Å²) < 4.78 is 8.30. The summed E-state index contributed by atoms with van der Waals surface area (Å²) in [5.41, 5.74) is 5.80. The van der Waals surface area contributed by atoms with Crippen LogP contribution in [0.15, 0.2) is 65.6 Å². The second-order valence-electron chi connectivity index (χ2n) is 8.07. The zero-order valence-electron chi connectivity index (χ0n) is 17.4. The van der Waals surface area contributed by atoms with Crippen LogP contribution in [0.3, 0.4) is 0 Å². The SMILES string of the molecule is CCOc1ccc2ccccc2c1-c1[nH][nH]c(=O)c1-c1cn2c3c(cccc13)CCC2. The lowest BCUT2D eigenvalue weighted by atomic mass is 9.95. The Balaban J connectivity index is 1.69. The third kappa shape index (κ3) is 2.66. The fourth-order valence-corrected chi connectivity index (χ4v) is 5.04. The predicted octanol–water partition coefficient (Wildman–Crippen LogP) is 5.49. The first-order valence-electron chi connectivity index (χ1n) is 10.8. The molecule has 1 aliphatic rings.